The summed E-state index contributed by atoms with van der Waals surface area (Å²) in [4.78, 5) is 9.78. The molecule has 0 spiro atoms. The van der Waals surface area contributed by atoms with Crippen LogP contribution in [-0.4, -0.2) is 9.97 Å². The average molecular weight is 485 g/mol. The first-order valence-corrected chi connectivity index (χ1v) is 13.1. The fourth-order valence-corrected chi connectivity index (χ4v) is 4.57. The molecule has 0 atom stereocenters. The molecule has 0 fully saturated rings. The Labute approximate surface area is 213 Å². The number of hydrogen-bond donors (Lipinski definition) is 0. The Morgan fingerprint density at radius 1 is 0.528 bits per heavy atom. The van der Waals surface area contributed by atoms with Gasteiger partial charge in [-0.25, -0.2) is 8.78 Å². The molecule has 2 nitrogen and oxygen atoms in total. The van der Waals surface area contributed by atoms with Crippen molar-refractivity contribution in [3.8, 4) is 22.5 Å². The maximum absolute atomic E-state index is 13.4. The number of nitrogens with zero attached hydrogens (tertiary/aromatic N) is 2. The number of hydrogen-bond acceptors (Lipinski definition) is 2. The van der Waals surface area contributed by atoms with Crippen LogP contribution in [0.25, 0.3) is 22.5 Å². The predicted molar refractivity (Wildman–Crippen MR) is 144 cm³/mol. The zero-order valence-corrected chi connectivity index (χ0v) is 21.2. The third-order valence-corrected chi connectivity index (χ3v) is 6.35. The standard InChI is InChI=1S/C32H34F2N2/c1-3-7-23-19-29(35-31(21-23)25-11-15-27(33)16-12-25)9-5-6-10-30-20-24(8-4-2)22-32(36-30)26-13-17-28(34)18-14-26/h11-22H,3-10H2,1-2H3. The van der Waals surface area contributed by atoms with E-state index in [1.807, 2.05) is 0 Å². The molecule has 2 aromatic carbocycles. The number of pyridine rings is 2. The summed E-state index contributed by atoms with van der Waals surface area (Å²) in [6, 6.07) is 21.8. The van der Waals surface area contributed by atoms with Gasteiger partial charge in [-0.1, -0.05) is 26.7 Å². The summed E-state index contributed by atoms with van der Waals surface area (Å²) < 4.78 is 26.8. The average Bonchev–Trinajstić information content (AvgIpc) is 2.88. The molecule has 0 aliphatic carbocycles. The van der Waals surface area contributed by atoms with Gasteiger partial charge in [-0.3, -0.25) is 9.97 Å². The van der Waals surface area contributed by atoms with Gasteiger partial charge in [-0.15, -0.1) is 0 Å². The van der Waals surface area contributed by atoms with Crippen molar-refractivity contribution in [1.29, 1.82) is 0 Å². The molecule has 0 unspecified atom stereocenters. The van der Waals surface area contributed by atoms with E-state index in [1.54, 1.807) is 24.3 Å². The van der Waals surface area contributed by atoms with Crippen LogP contribution in [0, 0.1) is 11.6 Å². The van der Waals surface area contributed by atoms with Crippen molar-refractivity contribution in [2.75, 3.05) is 0 Å². The molecule has 4 aromatic rings. The topological polar surface area (TPSA) is 25.8 Å². The van der Waals surface area contributed by atoms with Crippen molar-refractivity contribution < 1.29 is 8.78 Å². The number of benzene rings is 2. The predicted octanol–water partition coefficient (Wildman–Crippen LogP) is 8.56. The molecular formula is C32H34F2N2. The van der Waals surface area contributed by atoms with E-state index in [2.05, 4.69) is 38.1 Å². The molecule has 36 heavy (non-hydrogen) atoms. The van der Waals surface area contributed by atoms with Crippen LogP contribution in [0.3, 0.4) is 0 Å². The van der Waals surface area contributed by atoms with Crippen molar-refractivity contribution in [3.05, 3.63) is 107 Å². The summed E-state index contributed by atoms with van der Waals surface area (Å²) in [5.74, 6) is -0.467. The summed E-state index contributed by atoms with van der Waals surface area (Å²) in [7, 11) is 0. The van der Waals surface area contributed by atoms with Gasteiger partial charge in [-0.05, 0) is 122 Å². The van der Waals surface area contributed by atoms with Crippen LogP contribution in [0.4, 0.5) is 8.78 Å². The maximum atomic E-state index is 13.4. The highest BCUT2D eigenvalue weighted by Crippen LogP contribution is 2.23. The van der Waals surface area contributed by atoms with Crippen molar-refractivity contribution >= 4 is 0 Å². The molecular weight excluding hydrogens is 450 g/mol. The monoisotopic (exact) mass is 484 g/mol. The lowest BCUT2D eigenvalue weighted by molar-refractivity contribution is 0.627. The number of unbranched alkanes of at least 4 members (excludes halogenated alkanes) is 1. The minimum atomic E-state index is -0.233. The normalized spacial score (nSPS) is 11.1. The van der Waals surface area contributed by atoms with Crippen LogP contribution in [0.1, 0.15) is 62.0 Å². The molecule has 0 saturated heterocycles. The molecule has 0 aliphatic heterocycles. The summed E-state index contributed by atoms with van der Waals surface area (Å²) in [6.45, 7) is 4.36. The van der Waals surface area contributed by atoms with Crippen molar-refractivity contribution in [3.63, 3.8) is 0 Å². The number of aromatic nitrogens is 2. The molecule has 186 valence electrons. The molecule has 0 bridgehead atoms. The fraction of sp³-hybridized carbons (Fsp3) is 0.312. The molecule has 2 heterocycles. The second kappa shape index (κ2) is 12.5. The second-order valence-corrected chi connectivity index (χ2v) is 9.42. The van der Waals surface area contributed by atoms with E-state index in [9.17, 15) is 8.78 Å². The molecule has 0 radical (unpaired) electrons. The molecule has 0 aliphatic rings. The quantitative estimate of drug-likeness (QED) is 0.199. The van der Waals surface area contributed by atoms with Gasteiger partial charge in [0.25, 0.3) is 0 Å². The van der Waals surface area contributed by atoms with E-state index in [1.165, 1.54) is 35.4 Å². The first-order chi connectivity index (χ1) is 17.5. The van der Waals surface area contributed by atoms with Crippen LogP contribution < -0.4 is 0 Å². The van der Waals surface area contributed by atoms with Crippen LogP contribution >= 0.6 is 0 Å². The lowest BCUT2D eigenvalue weighted by Gasteiger charge is -2.11. The zero-order valence-electron chi connectivity index (χ0n) is 21.2. The third-order valence-electron chi connectivity index (χ3n) is 6.35. The van der Waals surface area contributed by atoms with Gasteiger partial charge in [0.05, 0.1) is 11.4 Å². The van der Waals surface area contributed by atoms with Crippen molar-refractivity contribution in [1.82, 2.24) is 9.97 Å². The largest absolute Gasteiger partial charge is 0.253 e. The van der Waals surface area contributed by atoms with Gasteiger partial charge < -0.3 is 0 Å². The van der Waals surface area contributed by atoms with E-state index < -0.39 is 0 Å². The molecule has 4 heteroatoms. The summed E-state index contributed by atoms with van der Waals surface area (Å²) in [5.41, 5.74) is 8.43. The van der Waals surface area contributed by atoms with E-state index in [0.717, 1.165) is 85.3 Å². The van der Waals surface area contributed by atoms with E-state index in [0.29, 0.717) is 0 Å². The second-order valence-electron chi connectivity index (χ2n) is 9.42. The SMILES string of the molecule is CCCc1cc(CCCCc2cc(CCC)cc(-c3ccc(F)cc3)n2)nc(-c2ccc(F)cc2)c1. The first kappa shape index (κ1) is 25.7. The van der Waals surface area contributed by atoms with Gasteiger partial charge >= 0.3 is 0 Å². The Bertz CT molecular complexity index is 1160. The minimum absolute atomic E-state index is 0.233. The van der Waals surface area contributed by atoms with Gasteiger partial charge in [0.15, 0.2) is 0 Å². The van der Waals surface area contributed by atoms with Crippen LogP contribution in [0.5, 0.6) is 0 Å². The molecule has 2 aromatic heterocycles. The summed E-state index contributed by atoms with van der Waals surface area (Å²) in [6.07, 6.45) is 7.96. The highest BCUT2D eigenvalue weighted by atomic mass is 19.1. The van der Waals surface area contributed by atoms with Crippen LogP contribution in [-0.2, 0) is 25.7 Å². The van der Waals surface area contributed by atoms with Gasteiger partial charge in [0, 0.05) is 22.5 Å². The first-order valence-electron chi connectivity index (χ1n) is 13.1. The Balaban J connectivity index is 1.45. The summed E-state index contributed by atoms with van der Waals surface area (Å²) in [5, 5.41) is 0. The maximum Gasteiger partial charge on any atom is 0.123 e. The number of halogens is 2. The number of rotatable bonds is 11. The minimum Gasteiger partial charge on any atom is -0.253 e. The van der Waals surface area contributed by atoms with Gasteiger partial charge in [0.2, 0.25) is 0 Å². The highest BCUT2D eigenvalue weighted by molar-refractivity contribution is 5.61. The van der Waals surface area contributed by atoms with Crippen LogP contribution in [0.2, 0.25) is 0 Å². The smallest absolute Gasteiger partial charge is 0.123 e. The molecule has 0 N–H and O–H groups in total. The highest BCUT2D eigenvalue weighted by Gasteiger charge is 2.08. The lowest BCUT2D eigenvalue weighted by Crippen LogP contribution is -2.00. The van der Waals surface area contributed by atoms with Crippen molar-refractivity contribution in [2.45, 2.75) is 65.2 Å². The summed E-state index contributed by atoms with van der Waals surface area (Å²) >= 11 is 0. The Kier molecular flexibility index (Phi) is 8.94. The molecule has 0 amide bonds. The van der Waals surface area contributed by atoms with E-state index >= 15 is 0 Å². The van der Waals surface area contributed by atoms with Gasteiger partial charge in [0.1, 0.15) is 11.6 Å². The zero-order chi connectivity index (χ0) is 25.3. The Hall–Kier alpha value is -3.40. The Morgan fingerprint density at radius 2 is 0.917 bits per heavy atom. The van der Waals surface area contributed by atoms with E-state index in [4.69, 9.17) is 9.97 Å². The van der Waals surface area contributed by atoms with Crippen molar-refractivity contribution in [2.24, 2.45) is 0 Å². The third kappa shape index (κ3) is 7.07. The lowest BCUT2D eigenvalue weighted by atomic mass is 10.0. The van der Waals surface area contributed by atoms with E-state index in [-0.39, 0.29) is 11.6 Å². The van der Waals surface area contributed by atoms with Crippen LogP contribution in [0.15, 0.2) is 72.8 Å². The fourth-order valence-electron chi connectivity index (χ4n) is 4.57. The molecule has 4 rings (SSSR count). The van der Waals surface area contributed by atoms with Gasteiger partial charge in [-0.2, -0.15) is 0 Å². The molecule has 0 saturated carbocycles. The Morgan fingerprint density at radius 3 is 1.28 bits per heavy atom. The number of aryl methyl sites for hydroxylation is 4.